The molecule has 122 valence electrons. The lowest BCUT2D eigenvalue weighted by molar-refractivity contribution is 0.0948. The number of carbonyl (C=O) groups is 1. The van der Waals surface area contributed by atoms with Gasteiger partial charge in [-0.3, -0.25) is 9.59 Å². The molecule has 0 unspecified atom stereocenters. The monoisotopic (exact) mass is 321 g/mol. The minimum absolute atomic E-state index is 0.203. The van der Waals surface area contributed by atoms with Crippen molar-refractivity contribution in [3.8, 4) is 0 Å². The van der Waals surface area contributed by atoms with Crippen molar-refractivity contribution in [3.63, 3.8) is 0 Å². The van der Waals surface area contributed by atoms with Gasteiger partial charge < -0.3 is 5.32 Å². The molecule has 0 spiro atoms. The minimum atomic E-state index is -0.255. The number of benzene rings is 2. The van der Waals surface area contributed by atoms with Crippen LogP contribution in [0.5, 0.6) is 0 Å². The third-order valence-electron chi connectivity index (χ3n) is 3.94. The van der Waals surface area contributed by atoms with Crippen LogP contribution in [-0.2, 0) is 13.5 Å². The molecule has 1 heterocycles. The van der Waals surface area contributed by atoms with Crippen LogP contribution < -0.4 is 10.9 Å². The Bertz CT molecular complexity index is 917. The van der Waals surface area contributed by atoms with Gasteiger partial charge >= 0.3 is 0 Å². The third-order valence-corrected chi connectivity index (χ3v) is 3.94. The molecule has 2 aromatic carbocycles. The Morgan fingerprint density at radius 1 is 1.04 bits per heavy atom. The van der Waals surface area contributed by atoms with E-state index in [2.05, 4.69) is 22.5 Å². The summed E-state index contributed by atoms with van der Waals surface area (Å²) in [6, 6.07) is 17.2. The molecule has 24 heavy (non-hydrogen) atoms. The number of rotatable bonds is 5. The second-order valence-corrected chi connectivity index (χ2v) is 5.67. The lowest BCUT2D eigenvalue weighted by atomic mass is 10.1. The lowest BCUT2D eigenvalue weighted by Gasteiger charge is -2.09. The van der Waals surface area contributed by atoms with E-state index >= 15 is 0 Å². The van der Waals surface area contributed by atoms with Crippen molar-refractivity contribution in [2.24, 2.45) is 7.05 Å². The summed E-state index contributed by atoms with van der Waals surface area (Å²) in [5, 5.41) is 8.11. The van der Waals surface area contributed by atoms with Crippen LogP contribution in [-0.4, -0.2) is 22.2 Å². The average Bonchev–Trinajstić information content (AvgIpc) is 2.62. The molecule has 0 aliphatic rings. The zero-order chi connectivity index (χ0) is 16.9. The first-order chi connectivity index (χ1) is 11.7. The van der Waals surface area contributed by atoms with Crippen LogP contribution in [0.25, 0.3) is 10.8 Å². The zero-order valence-electron chi connectivity index (χ0n) is 13.5. The van der Waals surface area contributed by atoms with Crippen molar-refractivity contribution in [1.29, 1.82) is 0 Å². The number of aryl methyl sites for hydroxylation is 2. The van der Waals surface area contributed by atoms with Gasteiger partial charge in [-0.05, 0) is 24.5 Å². The summed E-state index contributed by atoms with van der Waals surface area (Å²) < 4.78 is 1.21. The Balaban J connectivity index is 1.70. The zero-order valence-corrected chi connectivity index (χ0v) is 13.5. The highest BCUT2D eigenvalue weighted by molar-refractivity contribution is 6.04. The summed E-state index contributed by atoms with van der Waals surface area (Å²) in [6.07, 6.45) is 1.75. The molecule has 3 aromatic rings. The maximum Gasteiger partial charge on any atom is 0.274 e. The van der Waals surface area contributed by atoms with Gasteiger partial charge in [-0.25, -0.2) is 4.68 Å². The van der Waals surface area contributed by atoms with Crippen LogP contribution in [0.4, 0.5) is 0 Å². The fraction of sp³-hybridized carbons (Fsp3) is 0.211. The number of nitrogens with one attached hydrogen (secondary N) is 1. The fourth-order valence-corrected chi connectivity index (χ4v) is 2.69. The van der Waals surface area contributed by atoms with Crippen molar-refractivity contribution >= 4 is 16.7 Å². The SMILES string of the molecule is Cn1nc(C(=O)NCCCc2ccccc2)c2ccccc2c1=O. The smallest absolute Gasteiger partial charge is 0.274 e. The van der Waals surface area contributed by atoms with Crippen molar-refractivity contribution < 1.29 is 4.79 Å². The molecule has 0 aliphatic carbocycles. The molecule has 0 radical (unpaired) electrons. The molecule has 0 atom stereocenters. The van der Waals surface area contributed by atoms with E-state index in [0.717, 1.165) is 12.8 Å². The number of hydrogen-bond donors (Lipinski definition) is 1. The summed E-state index contributed by atoms with van der Waals surface area (Å²) in [4.78, 5) is 24.5. The highest BCUT2D eigenvalue weighted by Crippen LogP contribution is 2.12. The van der Waals surface area contributed by atoms with Crippen LogP contribution in [0.3, 0.4) is 0 Å². The Hall–Kier alpha value is -2.95. The number of hydrogen-bond acceptors (Lipinski definition) is 3. The van der Waals surface area contributed by atoms with E-state index in [1.165, 1.54) is 10.2 Å². The van der Waals surface area contributed by atoms with Crippen molar-refractivity contribution in [3.05, 3.63) is 76.2 Å². The lowest BCUT2D eigenvalue weighted by Crippen LogP contribution is -2.30. The van der Waals surface area contributed by atoms with E-state index in [1.54, 1.807) is 31.3 Å². The molecule has 1 N–H and O–H groups in total. The Labute approximate surface area is 139 Å². The Morgan fingerprint density at radius 3 is 2.46 bits per heavy atom. The number of fused-ring (bicyclic) bond motifs is 1. The fourth-order valence-electron chi connectivity index (χ4n) is 2.69. The van der Waals surface area contributed by atoms with E-state index < -0.39 is 0 Å². The minimum Gasteiger partial charge on any atom is -0.351 e. The first-order valence-corrected chi connectivity index (χ1v) is 7.95. The molecular formula is C19H19N3O2. The number of carbonyl (C=O) groups excluding carboxylic acids is 1. The molecule has 5 nitrogen and oxygen atoms in total. The maximum atomic E-state index is 12.4. The van der Waals surface area contributed by atoms with Gasteiger partial charge in [0.25, 0.3) is 11.5 Å². The first kappa shape index (κ1) is 15.9. The summed E-state index contributed by atoms with van der Waals surface area (Å²) in [6.45, 7) is 0.562. The Kier molecular flexibility index (Phi) is 4.70. The highest BCUT2D eigenvalue weighted by Gasteiger charge is 2.14. The van der Waals surface area contributed by atoms with Gasteiger partial charge in [0.2, 0.25) is 0 Å². The molecule has 1 amide bonds. The van der Waals surface area contributed by atoms with Crippen molar-refractivity contribution in [2.45, 2.75) is 12.8 Å². The van der Waals surface area contributed by atoms with Crippen molar-refractivity contribution in [2.75, 3.05) is 6.54 Å². The van der Waals surface area contributed by atoms with Crippen LogP contribution >= 0.6 is 0 Å². The second-order valence-electron chi connectivity index (χ2n) is 5.67. The van der Waals surface area contributed by atoms with Gasteiger partial charge in [0, 0.05) is 19.0 Å². The van der Waals surface area contributed by atoms with Gasteiger partial charge in [-0.2, -0.15) is 5.10 Å². The highest BCUT2D eigenvalue weighted by atomic mass is 16.2. The van der Waals surface area contributed by atoms with Gasteiger partial charge in [-0.1, -0.05) is 48.5 Å². The van der Waals surface area contributed by atoms with Crippen LogP contribution in [0.1, 0.15) is 22.5 Å². The predicted octanol–water partition coefficient (Wildman–Crippen LogP) is 2.30. The molecule has 0 saturated heterocycles. The molecule has 1 aromatic heterocycles. The van der Waals surface area contributed by atoms with E-state index in [0.29, 0.717) is 17.3 Å². The Morgan fingerprint density at radius 2 is 1.71 bits per heavy atom. The van der Waals surface area contributed by atoms with E-state index in [1.807, 2.05) is 18.2 Å². The molecule has 0 fully saturated rings. The standard InChI is InChI=1S/C19H19N3O2/c1-22-19(24)16-12-6-5-11-15(16)17(21-22)18(23)20-13-7-10-14-8-3-2-4-9-14/h2-6,8-9,11-12H,7,10,13H2,1H3,(H,20,23). The summed E-state index contributed by atoms with van der Waals surface area (Å²) in [7, 11) is 1.56. The third kappa shape index (κ3) is 3.35. The number of nitrogens with zero attached hydrogens (tertiary/aromatic N) is 2. The average molecular weight is 321 g/mol. The molecule has 5 heteroatoms. The summed E-state index contributed by atoms with van der Waals surface area (Å²) in [5.74, 6) is -0.255. The van der Waals surface area contributed by atoms with E-state index in [9.17, 15) is 9.59 Å². The van der Waals surface area contributed by atoms with E-state index in [4.69, 9.17) is 0 Å². The number of aromatic nitrogens is 2. The van der Waals surface area contributed by atoms with Gasteiger partial charge in [0.1, 0.15) is 0 Å². The quantitative estimate of drug-likeness (QED) is 0.733. The first-order valence-electron chi connectivity index (χ1n) is 7.95. The largest absolute Gasteiger partial charge is 0.351 e. The van der Waals surface area contributed by atoms with E-state index in [-0.39, 0.29) is 17.2 Å². The van der Waals surface area contributed by atoms with Crippen LogP contribution in [0.2, 0.25) is 0 Å². The van der Waals surface area contributed by atoms with Crippen LogP contribution in [0, 0.1) is 0 Å². The van der Waals surface area contributed by atoms with Crippen molar-refractivity contribution in [1.82, 2.24) is 15.1 Å². The second kappa shape index (κ2) is 7.08. The van der Waals surface area contributed by atoms with Crippen LogP contribution in [0.15, 0.2) is 59.4 Å². The van der Waals surface area contributed by atoms with Gasteiger partial charge in [0.05, 0.1) is 5.39 Å². The molecular weight excluding hydrogens is 302 g/mol. The molecule has 0 bridgehead atoms. The molecule has 0 saturated carbocycles. The number of amides is 1. The summed E-state index contributed by atoms with van der Waals surface area (Å²) in [5.41, 5.74) is 1.33. The topological polar surface area (TPSA) is 64.0 Å². The molecule has 0 aliphatic heterocycles. The predicted molar refractivity (Wildman–Crippen MR) is 94.1 cm³/mol. The normalized spacial score (nSPS) is 10.7. The maximum absolute atomic E-state index is 12.4. The van der Waals surface area contributed by atoms with Gasteiger partial charge in [0.15, 0.2) is 5.69 Å². The summed E-state index contributed by atoms with van der Waals surface area (Å²) >= 11 is 0. The molecule has 3 rings (SSSR count). The van der Waals surface area contributed by atoms with Gasteiger partial charge in [-0.15, -0.1) is 0 Å².